The van der Waals surface area contributed by atoms with Crippen molar-refractivity contribution >= 4 is 17.4 Å². The zero-order chi connectivity index (χ0) is 21.2. The van der Waals surface area contributed by atoms with Gasteiger partial charge in [0.2, 0.25) is 5.91 Å². The van der Waals surface area contributed by atoms with Crippen LogP contribution in [-0.2, 0) is 11.0 Å². The molecule has 1 saturated heterocycles. The summed E-state index contributed by atoms with van der Waals surface area (Å²) in [5.74, 6) is 0.527. The summed E-state index contributed by atoms with van der Waals surface area (Å²) in [4.78, 5) is 16.6. The smallest absolute Gasteiger partial charge is 0.369 e. The Morgan fingerprint density at radius 2 is 1.79 bits per heavy atom. The maximum Gasteiger partial charge on any atom is 0.416 e. The molecule has 0 bridgehead atoms. The first-order valence-electron chi connectivity index (χ1n) is 9.67. The molecule has 0 radical (unpaired) electrons. The molecule has 29 heavy (non-hydrogen) atoms. The van der Waals surface area contributed by atoms with E-state index in [0.717, 1.165) is 6.07 Å². The van der Waals surface area contributed by atoms with Crippen LogP contribution in [0.5, 0.6) is 0 Å². The Bertz CT molecular complexity index is 841. The van der Waals surface area contributed by atoms with Gasteiger partial charge in [-0.1, -0.05) is 6.07 Å². The summed E-state index contributed by atoms with van der Waals surface area (Å²) < 4.78 is 40.6. The lowest BCUT2D eigenvalue weighted by molar-refractivity contribution is -0.137. The topological polar surface area (TPSA) is 53.4 Å². The number of anilines is 2. The molecule has 0 saturated carbocycles. The van der Waals surface area contributed by atoms with Gasteiger partial charge in [0.15, 0.2) is 0 Å². The highest BCUT2D eigenvalue weighted by Gasteiger charge is 2.31. The molecule has 2 aromatic rings. The Morgan fingerprint density at radius 3 is 2.41 bits per heavy atom. The summed E-state index contributed by atoms with van der Waals surface area (Å²) >= 11 is 0. The zero-order valence-electron chi connectivity index (χ0n) is 16.8. The van der Waals surface area contributed by atoms with Gasteiger partial charge in [0, 0.05) is 44.0 Å². The van der Waals surface area contributed by atoms with Crippen molar-refractivity contribution in [1.29, 1.82) is 0 Å². The quantitative estimate of drug-likeness (QED) is 0.820. The number of nitrogens with zero attached hydrogens (tertiary/aromatic N) is 4. The molecule has 1 fully saturated rings. The van der Waals surface area contributed by atoms with Crippen molar-refractivity contribution in [3.05, 3.63) is 42.1 Å². The number of benzene rings is 1. The van der Waals surface area contributed by atoms with Gasteiger partial charge >= 0.3 is 6.18 Å². The van der Waals surface area contributed by atoms with Crippen LogP contribution in [0.15, 0.2) is 36.5 Å². The SMILES string of the molecule is CC(C)n1nccc1NC(=O)[C@@H](C)N1CCN(c2cccc(C(F)(F)F)c2)CC1. The van der Waals surface area contributed by atoms with Crippen LogP contribution in [0.1, 0.15) is 32.4 Å². The lowest BCUT2D eigenvalue weighted by atomic mass is 10.1. The second-order valence-corrected chi connectivity index (χ2v) is 7.49. The summed E-state index contributed by atoms with van der Waals surface area (Å²) in [5.41, 5.74) is -0.0932. The van der Waals surface area contributed by atoms with Crippen molar-refractivity contribution in [3.63, 3.8) is 0 Å². The average Bonchev–Trinajstić information content (AvgIpc) is 3.15. The Kier molecular flexibility index (Phi) is 6.16. The van der Waals surface area contributed by atoms with Crippen molar-refractivity contribution in [1.82, 2.24) is 14.7 Å². The third kappa shape index (κ3) is 4.90. The van der Waals surface area contributed by atoms with Crippen LogP contribution in [0.3, 0.4) is 0 Å². The summed E-state index contributed by atoms with van der Waals surface area (Å²) in [6.07, 6.45) is -2.71. The van der Waals surface area contributed by atoms with E-state index < -0.39 is 11.7 Å². The number of alkyl halides is 3. The molecule has 1 aromatic heterocycles. The molecule has 0 spiro atoms. The predicted octanol–water partition coefficient (Wildman–Crippen LogP) is 3.63. The van der Waals surface area contributed by atoms with Gasteiger partial charge in [-0.25, -0.2) is 4.68 Å². The van der Waals surface area contributed by atoms with E-state index in [0.29, 0.717) is 37.7 Å². The Morgan fingerprint density at radius 1 is 1.10 bits per heavy atom. The Hall–Kier alpha value is -2.55. The number of hydrogen-bond acceptors (Lipinski definition) is 4. The number of halogens is 3. The number of piperazine rings is 1. The van der Waals surface area contributed by atoms with Crippen molar-refractivity contribution < 1.29 is 18.0 Å². The van der Waals surface area contributed by atoms with Gasteiger partial charge in [0.1, 0.15) is 5.82 Å². The van der Waals surface area contributed by atoms with Gasteiger partial charge in [-0.05, 0) is 39.0 Å². The predicted molar refractivity (Wildman–Crippen MR) is 106 cm³/mol. The summed E-state index contributed by atoms with van der Waals surface area (Å²) in [5, 5.41) is 7.13. The Balaban J connectivity index is 1.59. The van der Waals surface area contributed by atoms with Crippen LogP contribution in [0.4, 0.5) is 24.7 Å². The molecule has 0 aliphatic carbocycles. The van der Waals surface area contributed by atoms with E-state index in [1.54, 1.807) is 23.0 Å². The number of carbonyl (C=O) groups excluding carboxylic acids is 1. The summed E-state index contributed by atoms with van der Waals surface area (Å²) in [7, 11) is 0. The number of amides is 1. The fourth-order valence-corrected chi connectivity index (χ4v) is 3.47. The van der Waals surface area contributed by atoms with E-state index in [-0.39, 0.29) is 18.0 Å². The minimum Gasteiger partial charge on any atom is -0.369 e. The van der Waals surface area contributed by atoms with E-state index in [4.69, 9.17) is 0 Å². The maximum absolute atomic E-state index is 12.9. The van der Waals surface area contributed by atoms with E-state index in [1.807, 2.05) is 30.6 Å². The first-order valence-corrected chi connectivity index (χ1v) is 9.67. The van der Waals surface area contributed by atoms with E-state index in [2.05, 4.69) is 10.4 Å². The minimum atomic E-state index is -4.35. The Labute approximate surface area is 168 Å². The summed E-state index contributed by atoms with van der Waals surface area (Å²) in [6, 6.07) is 6.91. The normalized spacial score (nSPS) is 16.9. The molecular formula is C20H26F3N5O. The zero-order valence-corrected chi connectivity index (χ0v) is 16.8. The lowest BCUT2D eigenvalue weighted by Gasteiger charge is -2.38. The largest absolute Gasteiger partial charge is 0.416 e. The third-order valence-electron chi connectivity index (χ3n) is 5.19. The molecule has 2 heterocycles. The molecule has 1 N–H and O–H groups in total. The van der Waals surface area contributed by atoms with Gasteiger partial charge in [0.05, 0.1) is 17.8 Å². The second-order valence-electron chi connectivity index (χ2n) is 7.49. The fourth-order valence-electron chi connectivity index (χ4n) is 3.47. The molecule has 1 aliphatic heterocycles. The number of rotatable bonds is 5. The standard InChI is InChI=1S/C20H26F3N5O/c1-14(2)28-18(7-8-24-28)25-19(29)15(3)26-9-11-27(12-10-26)17-6-4-5-16(13-17)20(21,22)23/h4-8,13-15H,9-12H2,1-3H3,(H,25,29)/t15-/m1/s1. The van der Waals surface area contributed by atoms with E-state index >= 15 is 0 Å². The molecule has 6 nitrogen and oxygen atoms in total. The molecule has 1 aromatic carbocycles. The van der Waals surface area contributed by atoms with Gasteiger partial charge in [-0.15, -0.1) is 0 Å². The lowest BCUT2D eigenvalue weighted by Crippen LogP contribution is -2.53. The number of hydrogen-bond donors (Lipinski definition) is 1. The van der Waals surface area contributed by atoms with Crippen molar-refractivity contribution in [2.75, 3.05) is 36.4 Å². The van der Waals surface area contributed by atoms with Crippen LogP contribution in [-0.4, -0.2) is 52.8 Å². The minimum absolute atomic E-state index is 0.125. The van der Waals surface area contributed by atoms with Crippen LogP contribution < -0.4 is 10.2 Å². The molecule has 3 rings (SSSR count). The van der Waals surface area contributed by atoms with Crippen LogP contribution >= 0.6 is 0 Å². The van der Waals surface area contributed by atoms with Crippen molar-refractivity contribution in [2.24, 2.45) is 0 Å². The second kappa shape index (κ2) is 8.44. The molecule has 1 aliphatic rings. The van der Waals surface area contributed by atoms with Crippen molar-refractivity contribution in [3.8, 4) is 0 Å². The van der Waals surface area contributed by atoms with Gasteiger partial charge < -0.3 is 10.2 Å². The molecule has 9 heteroatoms. The first-order chi connectivity index (χ1) is 13.7. The molecule has 1 amide bonds. The number of nitrogens with one attached hydrogen (secondary N) is 1. The van der Waals surface area contributed by atoms with Gasteiger partial charge in [-0.3, -0.25) is 9.69 Å². The molecule has 158 valence electrons. The van der Waals surface area contributed by atoms with Crippen molar-refractivity contribution in [2.45, 2.75) is 39.0 Å². The average molecular weight is 409 g/mol. The highest BCUT2D eigenvalue weighted by molar-refractivity contribution is 5.93. The van der Waals surface area contributed by atoms with E-state index in [9.17, 15) is 18.0 Å². The van der Waals surface area contributed by atoms with Crippen LogP contribution in [0.25, 0.3) is 0 Å². The van der Waals surface area contributed by atoms with Gasteiger partial charge in [0.25, 0.3) is 0 Å². The highest BCUT2D eigenvalue weighted by Crippen LogP contribution is 2.32. The monoisotopic (exact) mass is 409 g/mol. The molecular weight excluding hydrogens is 383 g/mol. The van der Waals surface area contributed by atoms with Crippen LogP contribution in [0.2, 0.25) is 0 Å². The third-order valence-corrected chi connectivity index (χ3v) is 5.19. The van der Waals surface area contributed by atoms with Crippen LogP contribution in [0, 0.1) is 0 Å². The molecule has 0 unspecified atom stereocenters. The van der Waals surface area contributed by atoms with E-state index in [1.165, 1.54) is 12.1 Å². The number of aromatic nitrogens is 2. The fraction of sp³-hybridized carbons (Fsp3) is 0.500. The molecule has 1 atom stereocenters. The van der Waals surface area contributed by atoms with Gasteiger partial charge in [-0.2, -0.15) is 18.3 Å². The number of carbonyl (C=O) groups is 1. The first kappa shape index (κ1) is 21.2. The maximum atomic E-state index is 12.9. The summed E-state index contributed by atoms with van der Waals surface area (Å²) in [6.45, 7) is 8.11. The highest BCUT2D eigenvalue weighted by atomic mass is 19.4.